The maximum atomic E-state index is 9.98. The van der Waals surface area contributed by atoms with E-state index in [1.54, 1.807) is 34.9 Å². The molecule has 1 atom stereocenters. The van der Waals surface area contributed by atoms with Crippen LogP contribution in [0.3, 0.4) is 0 Å². The molecule has 0 aliphatic rings. The molecule has 1 aromatic carbocycles. The second-order valence-electron chi connectivity index (χ2n) is 4.46. The Morgan fingerprint density at radius 3 is 2.52 bits per heavy atom. The zero-order valence-electron chi connectivity index (χ0n) is 12.1. The van der Waals surface area contributed by atoms with Crippen molar-refractivity contribution in [1.29, 1.82) is 0 Å². The Bertz CT molecular complexity index is 549. The zero-order valence-corrected chi connectivity index (χ0v) is 14.5. The summed E-state index contributed by atoms with van der Waals surface area (Å²) in [5.41, 5.74) is 0.641. The highest BCUT2D eigenvalue weighted by Gasteiger charge is 2.31. The number of benzene rings is 1. The average Bonchev–Trinajstić information content (AvgIpc) is 3.00. The number of aromatic nitrogens is 2. The second-order valence-corrected chi connectivity index (χ2v) is 7.72. The van der Waals surface area contributed by atoms with Crippen molar-refractivity contribution in [1.82, 2.24) is 15.5 Å². The van der Waals surface area contributed by atoms with Gasteiger partial charge in [-0.3, -0.25) is 0 Å². The molecule has 0 saturated heterocycles. The van der Waals surface area contributed by atoms with Gasteiger partial charge in [0.15, 0.2) is 8.68 Å². The standard InChI is InChI=1S/C14H19N3OS3/c1-3-15-14(9-18,11-7-5-4-6-8-11)10-20-13-17-16-12(19-2)21-13/h4-8,15,18H,3,9-10H2,1-2H3. The number of thioether (sulfide) groups is 2. The monoisotopic (exact) mass is 341 g/mol. The second kappa shape index (κ2) is 8.14. The van der Waals surface area contributed by atoms with Gasteiger partial charge in [0, 0.05) is 5.75 Å². The van der Waals surface area contributed by atoms with E-state index in [9.17, 15) is 5.11 Å². The highest BCUT2D eigenvalue weighted by Crippen LogP contribution is 2.33. The van der Waals surface area contributed by atoms with Crippen LogP contribution in [0.2, 0.25) is 0 Å². The summed E-state index contributed by atoms with van der Waals surface area (Å²) < 4.78 is 1.90. The molecule has 0 saturated carbocycles. The number of nitrogens with zero attached hydrogens (tertiary/aromatic N) is 2. The molecule has 1 unspecified atom stereocenters. The van der Waals surface area contributed by atoms with Gasteiger partial charge in [-0.25, -0.2) is 0 Å². The van der Waals surface area contributed by atoms with Crippen LogP contribution in [0.25, 0.3) is 0 Å². The summed E-state index contributed by atoms with van der Waals surface area (Å²) in [5.74, 6) is 0.713. The van der Waals surface area contributed by atoms with Gasteiger partial charge in [-0.15, -0.1) is 10.2 Å². The van der Waals surface area contributed by atoms with E-state index in [2.05, 4.69) is 22.4 Å². The van der Waals surface area contributed by atoms with Gasteiger partial charge in [-0.2, -0.15) is 0 Å². The minimum atomic E-state index is -0.453. The molecule has 4 nitrogen and oxygen atoms in total. The van der Waals surface area contributed by atoms with Crippen LogP contribution in [-0.4, -0.2) is 40.5 Å². The summed E-state index contributed by atoms with van der Waals surface area (Å²) in [6.07, 6.45) is 2.00. The minimum absolute atomic E-state index is 0.0477. The van der Waals surface area contributed by atoms with Crippen molar-refractivity contribution in [2.24, 2.45) is 0 Å². The molecular weight excluding hydrogens is 322 g/mol. The molecule has 0 aliphatic carbocycles. The first kappa shape index (κ1) is 16.8. The first-order valence-electron chi connectivity index (χ1n) is 6.66. The molecule has 0 bridgehead atoms. The van der Waals surface area contributed by atoms with Gasteiger partial charge in [-0.05, 0) is 18.4 Å². The molecular formula is C14H19N3OS3. The van der Waals surface area contributed by atoms with Crippen molar-refractivity contribution in [2.75, 3.05) is 25.2 Å². The fraction of sp³-hybridized carbons (Fsp3) is 0.429. The highest BCUT2D eigenvalue weighted by molar-refractivity contribution is 8.03. The van der Waals surface area contributed by atoms with Gasteiger partial charge in [0.2, 0.25) is 0 Å². The third-order valence-electron chi connectivity index (χ3n) is 3.12. The summed E-state index contributed by atoms with van der Waals surface area (Å²) in [5, 5.41) is 21.7. The van der Waals surface area contributed by atoms with Crippen LogP contribution >= 0.6 is 34.9 Å². The molecule has 2 rings (SSSR count). The molecule has 0 fully saturated rings. The van der Waals surface area contributed by atoms with Gasteiger partial charge in [0.25, 0.3) is 0 Å². The molecule has 2 N–H and O–H groups in total. The van der Waals surface area contributed by atoms with Gasteiger partial charge in [0.1, 0.15) is 0 Å². The smallest absolute Gasteiger partial charge is 0.175 e. The molecule has 2 aromatic rings. The van der Waals surface area contributed by atoms with E-state index in [-0.39, 0.29) is 6.61 Å². The van der Waals surface area contributed by atoms with Crippen LogP contribution in [0.15, 0.2) is 39.0 Å². The van der Waals surface area contributed by atoms with E-state index in [1.807, 2.05) is 36.6 Å². The van der Waals surface area contributed by atoms with Crippen molar-refractivity contribution < 1.29 is 5.11 Å². The Kier molecular flexibility index (Phi) is 6.50. The zero-order chi connectivity index (χ0) is 15.1. The third-order valence-corrected chi connectivity index (χ3v) is 6.38. The van der Waals surface area contributed by atoms with Crippen molar-refractivity contribution in [3.05, 3.63) is 35.9 Å². The van der Waals surface area contributed by atoms with E-state index >= 15 is 0 Å². The topological polar surface area (TPSA) is 58.0 Å². The lowest BCUT2D eigenvalue weighted by Gasteiger charge is -2.32. The van der Waals surface area contributed by atoms with E-state index in [0.717, 1.165) is 20.8 Å². The van der Waals surface area contributed by atoms with Crippen molar-refractivity contribution in [2.45, 2.75) is 21.1 Å². The lowest BCUT2D eigenvalue weighted by Crippen LogP contribution is -2.47. The molecule has 0 aliphatic heterocycles. The van der Waals surface area contributed by atoms with E-state index < -0.39 is 5.54 Å². The molecule has 0 radical (unpaired) electrons. The molecule has 21 heavy (non-hydrogen) atoms. The Hall–Kier alpha value is -0.600. The van der Waals surface area contributed by atoms with Crippen LogP contribution in [0.4, 0.5) is 0 Å². The summed E-state index contributed by atoms with van der Waals surface area (Å²) >= 11 is 4.83. The number of rotatable bonds is 8. The number of aliphatic hydroxyl groups excluding tert-OH is 1. The summed E-state index contributed by atoms with van der Waals surface area (Å²) in [6, 6.07) is 10.1. The quantitative estimate of drug-likeness (QED) is 0.720. The number of likely N-dealkylation sites (N-methyl/N-ethyl adjacent to an activating group) is 1. The summed E-state index contributed by atoms with van der Waals surface area (Å²) in [6.45, 7) is 2.89. The molecule has 7 heteroatoms. The summed E-state index contributed by atoms with van der Waals surface area (Å²) in [7, 11) is 0. The first-order chi connectivity index (χ1) is 10.2. The van der Waals surface area contributed by atoms with Crippen molar-refractivity contribution >= 4 is 34.9 Å². The van der Waals surface area contributed by atoms with Crippen LogP contribution in [0.1, 0.15) is 12.5 Å². The average molecular weight is 342 g/mol. The van der Waals surface area contributed by atoms with Gasteiger partial charge < -0.3 is 10.4 Å². The van der Waals surface area contributed by atoms with E-state index in [4.69, 9.17) is 0 Å². The Morgan fingerprint density at radius 2 is 1.95 bits per heavy atom. The van der Waals surface area contributed by atoms with Gasteiger partial charge >= 0.3 is 0 Å². The van der Waals surface area contributed by atoms with Crippen molar-refractivity contribution in [3.63, 3.8) is 0 Å². The van der Waals surface area contributed by atoms with E-state index in [0.29, 0.717) is 5.75 Å². The lowest BCUT2D eigenvalue weighted by molar-refractivity contribution is 0.181. The molecule has 114 valence electrons. The van der Waals surface area contributed by atoms with Gasteiger partial charge in [-0.1, -0.05) is 72.1 Å². The molecule has 0 amide bonds. The molecule has 1 aromatic heterocycles. The largest absolute Gasteiger partial charge is 0.394 e. The fourth-order valence-electron chi connectivity index (χ4n) is 2.05. The number of aliphatic hydroxyl groups is 1. The number of hydrogen-bond acceptors (Lipinski definition) is 7. The normalized spacial score (nSPS) is 14.0. The summed E-state index contributed by atoms with van der Waals surface area (Å²) in [4.78, 5) is 0. The molecule has 0 spiro atoms. The number of hydrogen-bond donors (Lipinski definition) is 2. The first-order valence-corrected chi connectivity index (χ1v) is 9.68. The van der Waals surface area contributed by atoms with Crippen LogP contribution < -0.4 is 5.32 Å². The number of nitrogens with one attached hydrogen (secondary N) is 1. The van der Waals surface area contributed by atoms with Gasteiger partial charge in [0.05, 0.1) is 12.1 Å². The van der Waals surface area contributed by atoms with Crippen molar-refractivity contribution in [3.8, 4) is 0 Å². The predicted molar refractivity (Wildman–Crippen MR) is 91.3 cm³/mol. The maximum Gasteiger partial charge on any atom is 0.175 e. The Morgan fingerprint density at radius 1 is 1.24 bits per heavy atom. The van der Waals surface area contributed by atoms with Crippen LogP contribution in [0.5, 0.6) is 0 Å². The Labute approximate surface area is 137 Å². The SMILES string of the molecule is CCNC(CO)(CSc1nnc(SC)s1)c1ccccc1. The predicted octanol–water partition coefficient (Wildman–Crippen LogP) is 2.85. The highest BCUT2D eigenvalue weighted by atomic mass is 32.2. The fourth-order valence-corrected chi connectivity index (χ4v) is 4.69. The third kappa shape index (κ3) is 4.20. The lowest BCUT2D eigenvalue weighted by atomic mass is 9.92. The Balaban J connectivity index is 2.16. The molecule has 1 heterocycles. The van der Waals surface area contributed by atoms with E-state index in [1.165, 1.54) is 0 Å². The van der Waals surface area contributed by atoms with Crippen LogP contribution in [0, 0.1) is 0 Å². The van der Waals surface area contributed by atoms with Crippen LogP contribution in [-0.2, 0) is 5.54 Å². The minimum Gasteiger partial charge on any atom is -0.394 e. The maximum absolute atomic E-state index is 9.98.